The van der Waals surface area contributed by atoms with Gasteiger partial charge in [-0.2, -0.15) is 0 Å². The van der Waals surface area contributed by atoms with Crippen LogP contribution in [0.5, 0.6) is 0 Å². The molecule has 0 aliphatic carbocycles. The minimum absolute atomic E-state index is 0.163. The molecule has 0 saturated carbocycles. The zero-order chi connectivity index (χ0) is 18.4. The number of hydrogen-bond donors (Lipinski definition) is 2. The number of aliphatic carboxylic acids is 1. The zero-order valence-corrected chi connectivity index (χ0v) is 14.7. The van der Waals surface area contributed by atoms with Crippen LogP contribution in [-0.2, 0) is 22.6 Å². The highest BCUT2D eigenvalue weighted by Gasteiger charge is 2.41. The molecular formula is C21H24N2O3. The standard InChI is InChI=1S/C21H24N2O3/c24-20(22-12-11-16-7-3-1-4-8-16)18-14-23(15-19(18)21(25)26)13-17-9-5-2-6-10-17/h1-10,18-19H,11-15H2,(H,22,24)(H,25,26). The van der Waals surface area contributed by atoms with Crippen LogP contribution < -0.4 is 5.32 Å². The van der Waals surface area contributed by atoms with Crippen molar-refractivity contribution in [1.29, 1.82) is 0 Å². The van der Waals surface area contributed by atoms with Crippen molar-refractivity contribution in [3.05, 3.63) is 71.8 Å². The number of carboxylic acids is 1. The Kier molecular flexibility index (Phi) is 6.02. The van der Waals surface area contributed by atoms with Crippen LogP contribution in [0.15, 0.2) is 60.7 Å². The van der Waals surface area contributed by atoms with Crippen molar-refractivity contribution in [1.82, 2.24) is 10.2 Å². The van der Waals surface area contributed by atoms with Gasteiger partial charge in [0.25, 0.3) is 0 Å². The zero-order valence-electron chi connectivity index (χ0n) is 14.7. The van der Waals surface area contributed by atoms with Crippen molar-refractivity contribution < 1.29 is 14.7 Å². The molecule has 1 amide bonds. The van der Waals surface area contributed by atoms with E-state index in [1.807, 2.05) is 60.7 Å². The average Bonchev–Trinajstić information content (AvgIpc) is 3.08. The molecule has 26 heavy (non-hydrogen) atoms. The fourth-order valence-corrected chi connectivity index (χ4v) is 3.48. The lowest BCUT2D eigenvalue weighted by Gasteiger charge is -2.16. The second-order valence-corrected chi connectivity index (χ2v) is 6.76. The van der Waals surface area contributed by atoms with Crippen LogP contribution in [0.1, 0.15) is 11.1 Å². The summed E-state index contributed by atoms with van der Waals surface area (Å²) < 4.78 is 0. The molecule has 3 rings (SSSR count). The molecule has 1 saturated heterocycles. The number of carboxylic acid groups (broad SMARTS) is 1. The Morgan fingerprint density at radius 1 is 0.923 bits per heavy atom. The molecule has 2 N–H and O–H groups in total. The minimum Gasteiger partial charge on any atom is -0.481 e. The first-order chi connectivity index (χ1) is 12.6. The van der Waals surface area contributed by atoms with Crippen LogP contribution in [0.4, 0.5) is 0 Å². The van der Waals surface area contributed by atoms with Gasteiger partial charge in [0.1, 0.15) is 0 Å². The molecule has 5 nitrogen and oxygen atoms in total. The van der Waals surface area contributed by atoms with E-state index in [1.165, 1.54) is 0 Å². The maximum absolute atomic E-state index is 12.5. The third-order valence-electron chi connectivity index (χ3n) is 4.85. The summed E-state index contributed by atoms with van der Waals surface area (Å²) in [7, 11) is 0. The Morgan fingerprint density at radius 2 is 1.50 bits per heavy atom. The van der Waals surface area contributed by atoms with E-state index < -0.39 is 17.8 Å². The maximum atomic E-state index is 12.5. The number of benzene rings is 2. The fourth-order valence-electron chi connectivity index (χ4n) is 3.48. The average molecular weight is 352 g/mol. The van der Waals surface area contributed by atoms with Gasteiger partial charge in [0.15, 0.2) is 0 Å². The third kappa shape index (κ3) is 4.70. The molecule has 2 unspecified atom stereocenters. The molecule has 0 radical (unpaired) electrons. The molecule has 1 aliphatic heterocycles. The number of carbonyl (C=O) groups is 2. The van der Waals surface area contributed by atoms with Gasteiger partial charge in [0.2, 0.25) is 5.91 Å². The molecule has 2 aromatic rings. The van der Waals surface area contributed by atoms with Gasteiger partial charge in [0.05, 0.1) is 11.8 Å². The van der Waals surface area contributed by atoms with E-state index >= 15 is 0 Å². The van der Waals surface area contributed by atoms with Crippen LogP contribution in [0.3, 0.4) is 0 Å². The number of nitrogens with zero attached hydrogens (tertiary/aromatic N) is 1. The molecular weight excluding hydrogens is 328 g/mol. The monoisotopic (exact) mass is 352 g/mol. The highest BCUT2D eigenvalue weighted by Crippen LogP contribution is 2.25. The summed E-state index contributed by atoms with van der Waals surface area (Å²) in [6.45, 7) is 2.06. The molecule has 5 heteroatoms. The van der Waals surface area contributed by atoms with E-state index in [-0.39, 0.29) is 5.91 Å². The second kappa shape index (κ2) is 8.63. The van der Waals surface area contributed by atoms with Crippen molar-refractivity contribution in [3.63, 3.8) is 0 Å². The highest BCUT2D eigenvalue weighted by molar-refractivity contribution is 5.85. The molecule has 0 aromatic heterocycles. The van der Waals surface area contributed by atoms with Crippen molar-refractivity contribution >= 4 is 11.9 Å². The maximum Gasteiger partial charge on any atom is 0.308 e. The van der Waals surface area contributed by atoms with E-state index in [0.717, 1.165) is 17.5 Å². The largest absolute Gasteiger partial charge is 0.481 e. The number of rotatable bonds is 7. The number of amides is 1. The Bertz CT molecular complexity index is 733. The first-order valence-corrected chi connectivity index (χ1v) is 8.94. The summed E-state index contributed by atoms with van der Waals surface area (Å²) in [6, 6.07) is 19.8. The lowest BCUT2D eigenvalue weighted by atomic mass is 9.95. The van der Waals surface area contributed by atoms with Crippen LogP contribution in [0.25, 0.3) is 0 Å². The van der Waals surface area contributed by atoms with Gasteiger partial charge in [-0.15, -0.1) is 0 Å². The van der Waals surface area contributed by atoms with Crippen molar-refractivity contribution in [2.24, 2.45) is 11.8 Å². The van der Waals surface area contributed by atoms with Gasteiger partial charge < -0.3 is 10.4 Å². The SMILES string of the molecule is O=C(O)C1CN(Cc2ccccc2)CC1C(=O)NCCc1ccccc1. The molecule has 2 atom stereocenters. The summed E-state index contributed by atoms with van der Waals surface area (Å²) >= 11 is 0. The molecule has 2 aromatic carbocycles. The van der Waals surface area contributed by atoms with E-state index in [4.69, 9.17) is 0 Å². The van der Waals surface area contributed by atoms with E-state index in [0.29, 0.717) is 26.2 Å². The molecule has 0 bridgehead atoms. The third-order valence-corrected chi connectivity index (χ3v) is 4.85. The summed E-state index contributed by atoms with van der Waals surface area (Å²) in [6.07, 6.45) is 0.741. The summed E-state index contributed by atoms with van der Waals surface area (Å²) in [5.41, 5.74) is 2.28. The van der Waals surface area contributed by atoms with Crippen LogP contribution in [-0.4, -0.2) is 41.5 Å². The number of likely N-dealkylation sites (tertiary alicyclic amines) is 1. The topological polar surface area (TPSA) is 69.6 Å². The van der Waals surface area contributed by atoms with Gasteiger partial charge in [-0.3, -0.25) is 14.5 Å². The van der Waals surface area contributed by atoms with Crippen molar-refractivity contribution in [2.75, 3.05) is 19.6 Å². The van der Waals surface area contributed by atoms with Crippen LogP contribution in [0.2, 0.25) is 0 Å². The Morgan fingerprint density at radius 3 is 2.12 bits per heavy atom. The Balaban J connectivity index is 1.55. The molecule has 0 spiro atoms. The summed E-state index contributed by atoms with van der Waals surface area (Å²) in [5.74, 6) is -2.23. The van der Waals surface area contributed by atoms with Gasteiger partial charge in [-0.05, 0) is 17.5 Å². The normalized spacial score (nSPS) is 20.0. The second-order valence-electron chi connectivity index (χ2n) is 6.76. The number of nitrogens with one attached hydrogen (secondary N) is 1. The summed E-state index contributed by atoms with van der Waals surface area (Å²) in [5, 5.41) is 12.4. The number of hydrogen-bond acceptors (Lipinski definition) is 3. The van der Waals surface area contributed by atoms with Gasteiger partial charge in [-0.1, -0.05) is 60.7 Å². The van der Waals surface area contributed by atoms with E-state index in [9.17, 15) is 14.7 Å². The van der Waals surface area contributed by atoms with Crippen LogP contribution in [0, 0.1) is 11.8 Å². The molecule has 1 aliphatic rings. The fraction of sp³-hybridized carbons (Fsp3) is 0.333. The Hall–Kier alpha value is -2.66. The molecule has 1 heterocycles. The minimum atomic E-state index is -0.899. The molecule has 1 fully saturated rings. The van der Waals surface area contributed by atoms with Crippen molar-refractivity contribution in [2.45, 2.75) is 13.0 Å². The van der Waals surface area contributed by atoms with E-state index in [2.05, 4.69) is 10.2 Å². The summed E-state index contributed by atoms with van der Waals surface area (Å²) in [4.78, 5) is 26.2. The highest BCUT2D eigenvalue weighted by atomic mass is 16.4. The smallest absolute Gasteiger partial charge is 0.308 e. The first-order valence-electron chi connectivity index (χ1n) is 8.94. The van der Waals surface area contributed by atoms with Crippen LogP contribution >= 0.6 is 0 Å². The predicted octanol–water partition coefficient (Wildman–Crippen LogP) is 2.18. The van der Waals surface area contributed by atoms with Crippen molar-refractivity contribution in [3.8, 4) is 0 Å². The first kappa shape index (κ1) is 18.1. The lowest BCUT2D eigenvalue weighted by molar-refractivity contribution is -0.145. The quantitative estimate of drug-likeness (QED) is 0.801. The number of carbonyl (C=O) groups excluding carboxylic acids is 1. The van der Waals surface area contributed by atoms with E-state index in [1.54, 1.807) is 0 Å². The van der Waals surface area contributed by atoms with Gasteiger partial charge in [0, 0.05) is 26.2 Å². The predicted molar refractivity (Wildman–Crippen MR) is 99.5 cm³/mol. The van der Waals surface area contributed by atoms with Gasteiger partial charge >= 0.3 is 5.97 Å². The van der Waals surface area contributed by atoms with Gasteiger partial charge in [-0.25, -0.2) is 0 Å². The lowest BCUT2D eigenvalue weighted by Crippen LogP contribution is -2.38. The molecule has 136 valence electrons. The Labute approximate surface area is 153 Å².